The highest BCUT2D eigenvalue weighted by Crippen LogP contribution is 2.57. The zero-order chi connectivity index (χ0) is 40.7. The van der Waals surface area contributed by atoms with Crippen LogP contribution in [-0.2, 0) is 38.7 Å². The number of halogens is 4. The fraction of sp³-hybridized carbons (Fsp3) is 0.658. The number of ether oxygens (including phenoxy) is 2. The summed E-state index contributed by atoms with van der Waals surface area (Å²) >= 11 is 0. The first-order chi connectivity index (χ1) is 25.5. The Hall–Kier alpha value is -4.02. The molecular weight excluding hydrogens is 750 g/mol. The number of carbonyl (C=O) groups excluding carboxylic acids is 5. The molecule has 1 aromatic carbocycles. The number of rotatable bonds is 8. The van der Waals surface area contributed by atoms with Crippen LogP contribution in [-0.4, -0.2) is 78.2 Å². The van der Waals surface area contributed by atoms with Gasteiger partial charge in [-0.05, 0) is 101 Å². The summed E-state index contributed by atoms with van der Waals surface area (Å²) in [5, 5.41) is 2.45. The van der Waals surface area contributed by atoms with E-state index in [4.69, 9.17) is 9.47 Å². The molecule has 3 amide bonds. The predicted molar refractivity (Wildman–Crippen MR) is 191 cm³/mol. The molecule has 0 radical (unpaired) electrons. The van der Waals surface area contributed by atoms with E-state index in [1.165, 1.54) is 19.1 Å². The van der Waals surface area contributed by atoms with Gasteiger partial charge in [-0.2, -0.15) is 13.2 Å². The van der Waals surface area contributed by atoms with Crippen LogP contribution in [0.4, 0.5) is 28.0 Å². The van der Waals surface area contributed by atoms with Crippen molar-refractivity contribution in [2.24, 2.45) is 29.1 Å². The van der Waals surface area contributed by atoms with Crippen molar-refractivity contribution in [1.29, 1.82) is 0 Å². The maximum absolute atomic E-state index is 14.6. The number of sulfonamides is 1. The van der Waals surface area contributed by atoms with Gasteiger partial charge in [-0.1, -0.05) is 26.0 Å². The van der Waals surface area contributed by atoms with Crippen molar-refractivity contribution >= 4 is 45.4 Å². The molecule has 0 aromatic heterocycles. The van der Waals surface area contributed by atoms with E-state index in [0.717, 1.165) is 17.0 Å². The van der Waals surface area contributed by atoms with Crippen LogP contribution in [0.5, 0.6) is 0 Å². The predicted octanol–water partition coefficient (Wildman–Crippen LogP) is 6.21. The summed E-state index contributed by atoms with van der Waals surface area (Å²) in [6.07, 6.45) is -2.21. The Morgan fingerprint density at radius 3 is 2.31 bits per heavy atom. The normalized spacial score (nSPS) is 30.5. The number of esters is 1. The minimum atomic E-state index is -4.90. The average molecular weight is 800 g/mol. The van der Waals surface area contributed by atoms with Gasteiger partial charge in [0.2, 0.25) is 27.4 Å². The lowest BCUT2D eigenvalue weighted by Crippen LogP contribution is -2.48. The third-order valence-corrected chi connectivity index (χ3v) is 13.8. The fourth-order valence-corrected chi connectivity index (χ4v) is 8.81. The van der Waals surface area contributed by atoms with E-state index in [9.17, 15) is 50.0 Å². The second kappa shape index (κ2) is 15.5. The molecule has 0 unspecified atom stereocenters. The minimum absolute atomic E-state index is 0.0263. The molecule has 2 aliphatic carbocycles. The van der Waals surface area contributed by atoms with Crippen molar-refractivity contribution in [2.75, 3.05) is 11.9 Å². The average Bonchev–Trinajstić information content (AvgIpc) is 3.95. The van der Waals surface area contributed by atoms with E-state index in [2.05, 4.69) is 10.0 Å². The number of fused-ring (bicyclic) bond motifs is 2. The Balaban J connectivity index is 1.46. The van der Waals surface area contributed by atoms with Crippen LogP contribution >= 0.6 is 0 Å². The second-order valence-corrected chi connectivity index (χ2v) is 18.7. The number of benzene rings is 1. The van der Waals surface area contributed by atoms with Crippen molar-refractivity contribution in [3.8, 4) is 0 Å². The lowest BCUT2D eigenvalue weighted by molar-refractivity contribution is -0.257. The number of amides is 3. The molecule has 1 aromatic rings. The monoisotopic (exact) mass is 799 g/mol. The van der Waals surface area contributed by atoms with Gasteiger partial charge in [-0.15, -0.1) is 0 Å². The molecule has 2 saturated carbocycles. The van der Waals surface area contributed by atoms with E-state index in [1.807, 2.05) is 13.0 Å². The number of nitrogens with one attached hydrogen (secondary N) is 2. The lowest BCUT2D eigenvalue weighted by Gasteiger charge is -2.33. The molecule has 5 rings (SSSR count). The number of alkyl halides is 3. The smallest absolute Gasteiger partial charge is 0.427 e. The molecule has 304 valence electrons. The molecule has 2 heterocycles. The zero-order valence-electron chi connectivity index (χ0n) is 31.5. The molecule has 2 N–H and O–H groups in total. The van der Waals surface area contributed by atoms with Crippen molar-refractivity contribution < 1.29 is 59.4 Å². The molecule has 7 atom stereocenters. The minimum Gasteiger partial charge on any atom is -0.450 e. The van der Waals surface area contributed by atoms with Crippen molar-refractivity contribution in [3.05, 3.63) is 42.2 Å². The quantitative estimate of drug-likeness (QED) is 0.177. The second-order valence-electron chi connectivity index (χ2n) is 16.5. The molecular formula is C38H49F4N3O9S. The summed E-state index contributed by atoms with van der Waals surface area (Å²) in [4.78, 5) is 69.9. The first-order valence-electron chi connectivity index (χ1n) is 18.6. The highest BCUT2D eigenvalue weighted by Gasteiger charge is 2.63. The van der Waals surface area contributed by atoms with Crippen LogP contribution in [0.1, 0.15) is 92.4 Å². The molecule has 2 aliphatic heterocycles. The number of allylic oxidation sites excluding steroid dienone is 2. The fourth-order valence-electron chi connectivity index (χ4n) is 7.48. The summed E-state index contributed by atoms with van der Waals surface area (Å²) in [6, 6.07) is 3.52. The maximum Gasteiger partial charge on any atom is 0.427 e. The summed E-state index contributed by atoms with van der Waals surface area (Å²) in [6.45, 7) is 6.22. The number of anilines is 1. The van der Waals surface area contributed by atoms with E-state index in [0.29, 0.717) is 46.0 Å². The standard InChI is InChI=1S/C38H49F4N3O9S/c1-22-8-6-7-9-24-19-37(24,33(49)44-55(51,52)36(5)14-15-36)20-30(46)29-17-27(53-34(50)43-26-12-10-25(39)11-13-26)21-45(29)32(48)28(23(2)16-22)18-31(47)54-35(3,4)38(40,41)42/h7,9-13,22-24,27-29H,6,8,14-21H2,1-5H3,(H,43,50)(H,44,49)/b9-7-/t22-,23+,24+,27+,28-,29-,37+/m0/s1. The molecule has 4 aliphatic rings. The van der Waals surface area contributed by atoms with Crippen molar-refractivity contribution in [1.82, 2.24) is 9.62 Å². The van der Waals surface area contributed by atoms with Crippen LogP contribution in [0.2, 0.25) is 0 Å². The topological polar surface area (TPSA) is 165 Å². The number of carbonyl (C=O) groups is 5. The van der Waals surface area contributed by atoms with Crippen LogP contribution in [0, 0.1) is 34.9 Å². The summed E-state index contributed by atoms with van der Waals surface area (Å²) < 4.78 is 92.1. The van der Waals surface area contributed by atoms with Crippen LogP contribution in [0.25, 0.3) is 0 Å². The summed E-state index contributed by atoms with van der Waals surface area (Å²) in [5.41, 5.74) is -4.09. The van der Waals surface area contributed by atoms with Crippen LogP contribution < -0.4 is 10.0 Å². The third-order valence-electron chi connectivity index (χ3n) is 11.6. The maximum atomic E-state index is 14.6. The Morgan fingerprint density at radius 2 is 1.69 bits per heavy atom. The summed E-state index contributed by atoms with van der Waals surface area (Å²) in [7, 11) is -4.06. The first-order valence-corrected chi connectivity index (χ1v) is 20.0. The van der Waals surface area contributed by atoms with Crippen LogP contribution in [0.15, 0.2) is 36.4 Å². The Bertz CT molecular complexity index is 1810. The Kier molecular flexibility index (Phi) is 11.9. The van der Waals surface area contributed by atoms with Gasteiger partial charge in [0.05, 0.1) is 35.1 Å². The van der Waals surface area contributed by atoms with E-state index in [1.54, 1.807) is 13.0 Å². The SMILES string of the molecule is C[C@H]1CC/C=C\[C@@H]2C[C@@]2(C(=O)NS(=O)(=O)C2(C)CC2)CC(=O)[C@@H]2C[C@@H](OC(=O)Nc3ccc(F)cc3)CN2C(=O)[C@@H](CC(=O)OC(C)(C)C(F)(F)F)[C@H](C)C1. The third kappa shape index (κ3) is 9.51. The van der Waals surface area contributed by atoms with Crippen molar-refractivity contribution in [2.45, 2.75) is 121 Å². The number of Topliss-reactive ketones (excluding diaryl/α,β-unsaturated/α-hetero) is 1. The highest BCUT2D eigenvalue weighted by molar-refractivity contribution is 7.91. The lowest BCUT2D eigenvalue weighted by atomic mass is 9.82. The number of hydrogen-bond acceptors (Lipinski definition) is 9. The first kappa shape index (κ1) is 42.1. The summed E-state index contributed by atoms with van der Waals surface area (Å²) in [5.74, 6) is -6.31. The molecule has 17 heteroatoms. The Labute approximate surface area is 318 Å². The van der Waals surface area contributed by atoms with Gasteiger partial charge in [0.1, 0.15) is 11.9 Å². The molecule has 12 nitrogen and oxygen atoms in total. The molecule has 1 saturated heterocycles. The van der Waals surface area contributed by atoms with Gasteiger partial charge < -0.3 is 14.4 Å². The number of nitrogens with zero attached hydrogens (tertiary/aromatic N) is 1. The molecule has 0 spiro atoms. The number of hydrogen-bond donors (Lipinski definition) is 2. The van der Waals surface area contributed by atoms with E-state index < -0.39 is 110 Å². The molecule has 55 heavy (non-hydrogen) atoms. The van der Waals surface area contributed by atoms with E-state index >= 15 is 0 Å². The van der Waals surface area contributed by atoms with E-state index in [-0.39, 0.29) is 31.0 Å². The van der Waals surface area contributed by atoms with Gasteiger partial charge in [-0.3, -0.25) is 29.2 Å². The van der Waals surface area contributed by atoms with Gasteiger partial charge in [-0.25, -0.2) is 17.6 Å². The zero-order valence-corrected chi connectivity index (χ0v) is 32.4. The highest BCUT2D eigenvalue weighted by atomic mass is 32.2. The van der Waals surface area contributed by atoms with Crippen molar-refractivity contribution in [3.63, 3.8) is 0 Å². The van der Waals surface area contributed by atoms with Crippen LogP contribution in [0.3, 0.4) is 0 Å². The molecule has 0 bridgehead atoms. The van der Waals surface area contributed by atoms with Gasteiger partial charge >= 0.3 is 18.2 Å². The van der Waals surface area contributed by atoms with Gasteiger partial charge in [0.25, 0.3) is 0 Å². The van der Waals surface area contributed by atoms with Gasteiger partial charge in [0.15, 0.2) is 5.78 Å². The van der Waals surface area contributed by atoms with Gasteiger partial charge in [0, 0.05) is 18.5 Å². The molecule has 3 fully saturated rings. The number of ketones is 1. The largest absolute Gasteiger partial charge is 0.450 e. The Morgan fingerprint density at radius 1 is 1.04 bits per heavy atom.